The van der Waals surface area contributed by atoms with Crippen molar-refractivity contribution >= 4 is 24.2 Å². The van der Waals surface area contributed by atoms with Crippen molar-refractivity contribution in [2.75, 3.05) is 26.2 Å². The normalized spacial score (nSPS) is 22.7. The summed E-state index contributed by atoms with van der Waals surface area (Å²) in [4.78, 5) is 29.1. The Bertz CT molecular complexity index is 426. The van der Waals surface area contributed by atoms with Crippen molar-refractivity contribution in [1.29, 1.82) is 0 Å². The van der Waals surface area contributed by atoms with Gasteiger partial charge in [-0.25, -0.2) is 0 Å². The maximum absolute atomic E-state index is 12.6. The number of amides is 2. The molecule has 0 spiro atoms. The third-order valence-electron chi connectivity index (χ3n) is 5.48. The van der Waals surface area contributed by atoms with Crippen molar-refractivity contribution in [2.24, 2.45) is 17.6 Å². The van der Waals surface area contributed by atoms with Crippen LogP contribution < -0.4 is 5.73 Å². The fraction of sp³-hybridized carbons (Fsp3) is 0.889. The number of nitrogens with two attached hydrogens (primary N) is 1. The molecule has 0 aliphatic carbocycles. The first-order valence-corrected chi connectivity index (χ1v) is 9.22. The van der Waals surface area contributed by atoms with E-state index in [0.29, 0.717) is 25.4 Å². The summed E-state index contributed by atoms with van der Waals surface area (Å²) in [5, 5.41) is 0. The molecule has 0 saturated carbocycles. The minimum atomic E-state index is -0.769. The fourth-order valence-electron chi connectivity index (χ4n) is 3.80. The molecular weight excluding hydrogens is 326 g/mol. The van der Waals surface area contributed by atoms with Gasteiger partial charge in [-0.1, -0.05) is 20.3 Å². The third-order valence-corrected chi connectivity index (χ3v) is 5.48. The van der Waals surface area contributed by atoms with Crippen LogP contribution in [0, 0.1) is 11.8 Å². The first-order chi connectivity index (χ1) is 10.8. The Morgan fingerprint density at radius 3 is 2.04 bits per heavy atom. The van der Waals surface area contributed by atoms with Gasteiger partial charge in [-0.15, -0.1) is 12.4 Å². The van der Waals surface area contributed by atoms with Gasteiger partial charge in [0.15, 0.2) is 0 Å². The highest BCUT2D eigenvalue weighted by Gasteiger charge is 2.36. The topological polar surface area (TPSA) is 66.6 Å². The number of carbonyl (C=O) groups excluding carboxylic acids is 2. The van der Waals surface area contributed by atoms with E-state index in [-0.39, 0.29) is 24.2 Å². The molecule has 2 heterocycles. The van der Waals surface area contributed by atoms with Gasteiger partial charge in [-0.2, -0.15) is 0 Å². The monoisotopic (exact) mass is 359 g/mol. The molecule has 0 bridgehead atoms. The SMILES string of the molecule is CCCC(C)(N)C(=O)N1CCC(C(=O)N2CCC(C)CC2)CC1.Cl. The zero-order valence-corrected chi connectivity index (χ0v) is 16.2. The van der Waals surface area contributed by atoms with E-state index in [9.17, 15) is 9.59 Å². The lowest BCUT2D eigenvalue weighted by atomic mass is 9.90. The van der Waals surface area contributed by atoms with Crippen LogP contribution in [0.3, 0.4) is 0 Å². The van der Waals surface area contributed by atoms with E-state index in [4.69, 9.17) is 5.73 Å². The quantitative estimate of drug-likeness (QED) is 0.838. The Labute approximate surface area is 152 Å². The summed E-state index contributed by atoms with van der Waals surface area (Å²) in [5.74, 6) is 1.16. The van der Waals surface area contributed by atoms with E-state index in [2.05, 4.69) is 6.92 Å². The summed E-state index contributed by atoms with van der Waals surface area (Å²) in [5.41, 5.74) is 5.39. The first-order valence-electron chi connectivity index (χ1n) is 9.22. The molecule has 2 fully saturated rings. The summed E-state index contributed by atoms with van der Waals surface area (Å²) in [6.07, 6.45) is 5.40. The minimum Gasteiger partial charge on any atom is -0.342 e. The highest BCUT2D eigenvalue weighted by molar-refractivity contribution is 5.86. The molecule has 24 heavy (non-hydrogen) atoms. The number of piperidine rings is 2. The van der Waals surface area contributed by atoms with E-state index in [1.165, 1.54) is 0 Å². The van der Waals surface area contributed by atoms with Gasteiger partial charge in [0.2, 0.25) is 11.8 Å². The zero-order chi connectivity index (χ0) is 17.0. The largest absolute Gasteiger partial charge is 0.342 e. The van der Waals surface area contributed by atoms with Crippen LogP contribution in [0.5, 0.6) is 0 Å². The second kappa shape index (κ2) is 9.04. The van der Waals surface area contributed by atoms with Crippen LogP contribution in [-0.4, -0.2) is 53.3 Å². The summed E-state index contributed by atoms with van der Waals surface area (Å²) < 4.78 is 0. The molecule has 2 rings (SSSR count). The van der Waals surface area contributed by atoms with Crippen LogP contribution >= 0.6 is 12.4 Å². The molecule has 1 unspecified atom stereocenters. The van der Waals surface area contributed by atoms with Gasteiger partial charge >= 0.3 is 0 Å². The average molecular weight is 360 g/mol. The zero-order valence-electron chi connectivity index (χ0n) is 15.4. The Hall–Kier alpha value is -0.810. The van der Waals surface area contributed by atoms with Crippen molar-refractivity contribution < 1.29 is 9.59 Å². The molecule has 5 nitrogen and oxygen atoms in total. The van der Waals surface area contributed by atoms with Crippen molar-refractivity contribution in [3.8, 4) is 0 Å². The molecule has 0 aromatic rings. The predicted octanol–water partition coefficient (Wildman–Crippen LogP) is 2.42. The smallest absolute Gasteiger partial charge is 0.242 e. The van der Waals surface area contributed by atoms with E-state index in [1.807, 2.05) is 23.6 Å². The summed E-state index contributed by atoms with van der Waals surface area (Å²) in [6.45, 7) is 9.25. The van der Waals surface area contributed by atoms with Crippen LogP contribution in [0.1, 0.15) is 59.3 Å². The molecule has 0 aromatic heterocycles. The van der Waals surface area contributed by atoms with Crippen LogP contribution in [0.2, 0.25) is 0 Å². The number of rotatable bonds is 4. The molecule has 2 amide bonds. The summed E-state index contributed by atoms with van der Waals surface area (Å²) in [7, 11) is 0. The van der Waals surface area contributed by atoms with Crippen LogP contribution in [0.25, 0.3) is 0 Å². The molecule has 2 aliphatic heterocycles. The number of likely N-dealkylation sites (tertiary alicyclic amines) is 2. The molecule has 0 radical (unpaired) electrons. The molecular formula is C18H34ClN3O2. The Balaban J connectivity index is 0.00000288. The lowest BCUT2D eigenvalue weighted by molar-refractivity contribution is -0.143. The highest BCUT2D eigenvalue weighted by Crippen LogP contribution is 2.25. The summed E-state index contributed by atoms with van der Waals surface area (Å²) in [6, 6.07) is 0. The van der Waals surface area contributed by atoms with Gasteiger partial charge in [0.05, 0.1) is 5.54 Å². The number of carbonyl (C=O) groups is 2. The van der Waals surface area contributed by atoms with Crippen LogP contribution in [0.4, 0.5) is 0 Å². The predicted molar refractivity (Wildman–Crippen MR) is 99.0 cm³/mol. The lowest BCUT2D eigenvalue weighted by Gasteiger charge is -2.39. The van der Waals surface area contributed by atoms with Crippen LogP contribution in [-0.2, 0) is 9.59 Å². The number of halogens is 1. The molecule has 0 aromatic carbocycles. The van der Waals surface area contributed by atoms with Crippen LogP contribution in [0.15, 0.2) is 0 Å². The molecule has 2 N–H and O–H groups in total. The van der Waals surface area contributed by atoms with E-state index in [0.717, 1.165) is 51.1 Å². The van der Waals surface area contributed by atoms with Gasteiger partial charge in [-0.05, 0) is 44.9 Å². The van der Waals surface area contributed by atoms with E-state index < -0.39 is 5.54 Å². The lowest BCUT2D eigenvalue weighted by Crippen LogP contribution is -2.55. The molecule has 140 valence electrons. The highest BCUT2D eigenvalue weighted by atomic mass is 35.5. The Kier molecular flexibility index (Phi) is 8.00. The minimum absolute atomic E-state index is 0. The molecule has 1 atom stereocenters. The number of hydrogen-bond acceptors (Lipinski definition) is 3. The number of nitrogens with zero attached hydrogens (tertiary/aromatic N) is 2. The maximum Gasteiger partial charge on any atom is 0.242 e. The molecule has 2 saturated heterocycles. The Morgan fingerprint density at radius 2 is 1.54 bits per heavy atom. The molecule has 6 heteroatoms. The first kappa shape index (κ1) is 21.2. The van der Waals surface area contributed by atoms with Crippen molar-refractivity contribution in [2.45, 2.75) is 64.8 Å². The van der Waals surface area contributed by atoms with Gasteiger partial charge in [0, 0.05) is 32.1 Å². The maximum atomic E-state index is 12.6. The van der Waals surface area contributed by atoms with Crippen molar-refractivity contribution in [3.05, 3.63) is 0 Å². The standard InChI is InChI=1S/C18H33N3O2.ClH/c1-4-9-18(3,19)17(23)21-12-7-15(8-13-21)16(22)20-10-5-14(2)6-11-20;/h14-15H,4-13,19H2,1-3H3;1H. The summed E-state index contributed by atoms with van der Waals surface area (Å²) >= 11 is 0. The molecule has 2 aliphatic rings. The second-order valence-corrected chi connectivity index (χ2v) is 7.74. The second-order valence-electron chi connectivity index (χ2n) is 7.74. The van der Waals surface area contributed by atoms with Gasteiger partial charge in [0.1, 0.15) is 0 Å². The number of hydrogen-bond donors (Lipinski definition) is 1. The van der Waals surface area contributed by atoms with E-state index in [1.54, 1.807) is 0 Å². The average Bonchev–Trinajstić information content (AvgIpc) is 2.54. The van der Waals surface area contributed by atoms with E-state index >= 15 is 0 Å². The van der Waals surface area contributed by atoms with Crippen molar-refractivity contribution in [3.63, 3.8) is 0 Å². The Morgan fingerprint density at radius 1 is 1.04 bits per heavy atom. The van der Waals surface area contributed by atoms with Gasteiger partial charge in [-0.3, -0.25) is 9.59 Å². The van der Waals surface area contributed by atoms with Gasteiger partial charge < -0.3 is 15.5 Å². The fourth-order valence-corrected chi connectivity index (χ4v) is 3.80. The third kappa shape index (κ3) is 5.09. The van der Waals surface area contributed by atoms with Crippen molar-refractivity contribution in [1.82, 2.24) is 9.80 Å². The van der Waals surface area contributed by atoms with Gasteiger partial charge in [0.25, 0.3) is 0 Å².